The van der Waals surface area contributed by atoms with Crippen LogP contribution in [0.15, 0.2) is 23.1 Å². The van der Waals surface area contributed by atoms with E-state index in [1.807, 2.05) is 31.3 Å². The summed E-state index contributed by atoms with van der Waals surface area (Å²) in [5.41, 5.74) is 0.693. The van der Waals surface area contributed by atoms with Crippen LogP contribution < -0.4 is 0 Å². The third-order valence-corrected chi connectivity index (χ3v) is 4.17. The monoisotopic (exact) mass is 302 g/mol. The zero-order valence-corrected chi connectivity index (χ0v) is 13.2. The maximum atomic E-state index is 12.7. The van der Waals surface area contributed by atoms with Crippen molar-refractivity contribution >= 4 is 5.91 Å². The molecule has 3 heterocycles. The molecule has 0 saturated carbocycles. The Morgan fingerprint density at radius 3 is 3.05 bits per heavy atom. The van der Waals surface area contributed by atoms with Crippen LogP contribution in [0.4, 0.5) is 0 Å². The predicted molar refractivity (Wildman–Crippen MR) is 81.5 cm³/mol. The van der Waals surface area contributed by atoms with Crippen molar-refractivity contribution in [3.63, 3.8) is 0 Å². The molecular weight excluding hydrogens is 280 g/mol. The number of hydrogen-bond acceptors (Lipinski definition) is 4. The highest BCUT2D eigenvalue weighted by molar-refractivity contribution is 5.92. The molecule has 0 radical (unpaired) electrons. The second-order valence-electron chi connectivity index (χ2n) is 5.89. The smallest absolute Gasteiger partial charge is 0.291 e. The Labute approximate surface area is 130 Å². The molecule has 118 valence electrons. The molecule has 2 aromatic rings. The topological polar surface area (TPSA) is 64.2 Å². The van der Waals surface area contributed by atoms with Crippen molar-refractivity contribution in [3.05, 3.63) is 36.1 Å². The fourth-order valence-corrected chi connectivity index (χ4v) is 3.04. The zero-order chi connectivity index (χ0) is 15.5. The van der Waals surface area contributed by atoms with E-state index < -0.39 is 0 Å². The van der Waals surface area contributed by atoms with Gasteiger partial charge in [0.15, 0.2) is 5.89 Å². The summed E-state index contributed by atoms with van der Waals surface area (Å²) in [4.78, 5) is 22.9. The summed E-state index contributed by atoms with van der Waals surface area (Å²) < 4.78 is 7.68. The fraction of sp³-hybridized carbons (Fsp3) is 0.562. The molecule has 0 spiro atoms. The first-order valence-electron chi connectivity index (χ1n) is 7.88. The molecule has 6 nitrogen and oxygen atoms in total. The van der Waals surface area contributed by atoms with Crippen LogP contribution in [0.5, 0.6) is 0 Å². The molecule has 22 heavy (non-hydrogen) atoms. The second kappa shape index (κ2) is 6.34. The molecule has 0 aromatic carbocycles. The quantitative estimate of drug-likeness (QED) is 0.869. The summed E-state index contributed by atoms with van der Waals surface area (Å²) in [6, 6.07) is 0. The van der Waals surface area contributed by atoms with E-state index in [4.69, 9.17) is 4.42 Å². The number of carbonyl (C=O) groups excluding carboxylic acids is 1. The first-order valence-corrected chi connectivity index (χ1v) is 7.88. The number of aromatic nitrogens is 3. The van der Waals surface area contributed by atoms with Gasteiger partial charge in [0.05, 0.1) is 12.0 Å². The average Bonchev–Trinajstić information content (AvgIpc) is 3.16. The number of oxazole rings is 1. The van der Waals surface area contributed by atoms with Crippen LogP contribution in [0.25, 0.3) is 0 Å². The molecule has 3 rings (SSSR count). The number of piperidine rings is 1. The molecule has 1 atom stereocenters. The van der Waals surface area contributed by atoms with E-state index in [0.29, 0.717) is 29.7 Å². The number of aryl methyl sites for hydroxylation is 2. The first-order chi connectivity index (χ1) is 10.7. The van der Waals surface area contributed by atoms with Crippen molar-refractivity contribution in [2.24, 2.45) is 5.92 Å². The molecule has 0 N–H and O–H groups in total. The molecule has 6 heteroatoms. The van der Waals surface area contributed by atoms with E-state index >= 15 is 0 Å². The zero-order valence-electron chi connectivity index (χ0n) is 13.2. The lowest BCUT2D eigenvalue weighted by Gasteiger charge is -2.32. The second-order valence-corrected chi connectivity index (χ2v) is 5.89. The summed E-state index contributed by atoms with van der Waals surface area (Å²) >= 11 is 0. The normalized spacial score (nSPS) is 18.6. The van der Waals surface area contributed by atoms with Crippen molar-refractivity contribution in [1.29, 1.82) is 0 Å². The van der Waals surface area contributed by atoms with Gasteiger partial charge in [-0.15, -0.1) is 0 Å². The summed E-state index contributed by atoms with van der Waals surface area (Å²) in [6.45, 7) is 6.27. The molecule has 2 aromatic heterocycles. The Balaban J connectivity index is 1.68. The maximum Gasteiger partial charge on any atom is 0.291 e. The van der Waals surface area contributed by atoms with Crippen molar-refractivity contribution in [1.82, 2.24) is 19.4 Å². The van der Waals surface area contributed by atoms with Crippen LogP contribution in [-0.4, -0.2) is 38.4 Å². The number of amides is 1. The Kier molecular flexibility index (Phi) is 4.27. The summed E-state index contributed by atoms with van der Waals surface area (Å²) in [5, 5.41) is 0. The van der Waals surface area contributed by atoms with Gasteiger partial charge in [-0.3, -0.25) is 4.79 Å². The number of nitrogens with zero attached hydrogens (tertiary/aromatic N) is 4. The summed E-state index contributed by atoms with van der Waals surface area (Å²) in [5.74, 6) is 1.47. The van der Waals surface area contributed by atoms with Gasteiger partial charge in [-0.2, -0.15) is 0 Å². The van der Waals surface area contributed by atoms with Gasteiger partial charge in [0.25, 0.3) is 5.91 Å². The number of hydrogen-bond donors (Lipinski definition) is 0. The summed E-state index contributed by atoms with van der Waals surface area (Å²) in [7, 11) is 0. The van der Waals surface area contributed by atoms with Gasteiger partial charge in [0, 0.05) is 38.4 Å². The van der Waals surface area contributed by atoms with Gasteiger partial charge < -0.3 is 13.9 Å². The molecule has 1 amide bonds. The first kappa shape index (κ1) is 14.8. The molecule has 0 bridgehead atoms. The van der Waals surface area contributed by atoms with Crippen LogP contribution in [-0.2, 0) is 13.0 Å². The van der Waals surface area contributed by atoms with Crippen LogP contribution in [0.2, 0.25) is 0 Å². The molecule has 1 unspecified atom stereocenters. The highest BCUT2D eigenvalue weighted by Gasteiger charge is 2.28. The Bertz CT molecular complexity index is 633. The molecule has 1 aliphatic rings. The number of likely N-dealkylation sites (tertiary alicyclic amines) is 1. The molecule has 0 aliphatic carbocycles. The lowest BCUT2D eigenvalue weighted by atomic mass is 9.97. The molecular formula is C16H22N4O2. The van der Waals surface area contributed by atoms with Crippen molar-refractivity contribution < 1.29 is 9.21 Å². The molecule has 1 fully saturated rings. The Morgan fingerprint density at radius 2 is 2.36 bits per heavy atom. The van der Waals surface area contributed by atoms with E-state index in [-0.39, 0.29) is 5.91 Å². The molecule has 1 saturated heterocycles. The van der Waals surface area contributed by atoms with Crippen LogP contribution in [0.3, 0.4) is 0 Å². The van der Waals surface area contributed by atoms with Crippen LogP contribution >= 0.6 is 0 Å². The minimum atomic E-state index is -0.0277. The van der Waals surface area contributed by atoms with E-state index in [2.05, 4.69) is 14.5 Å². The number of imidazole rings is 1. The van der Waals surface area contributed by atoms with Crippen LogP contribution in [0.1, 0.15) is 41.9 Å². The highest BCUT2D eigenvalue weighted by Crippen LogP contribution is 2.22. The van der Waals surface area contributed by atoms with E-state index in [9.17, 15) is 4.79 Å². The lowest BCUT2D eigenvalue weighted by Crippen LogP contribution is -2.41. The van der Waals surface area contributed by atoms with E-state index in [1.165, 1.54) is 0 Å². The van der Waals surface area contributed by atoms with Crippen molar-refractivity contribution in [3.8, 4) is 0 Å². The van der Waals surface area contributed by atoms with Crippen LogP contribution in [0, 0.1) is 12.8 Å². The maximum absolute atomic E-state index is 12.7. The Hall–Kier alpha value is -2.11. The van der Waals surface area contributed by atoms with Gasteiger partial charge >= 0.3 is 0 Å². The van der Waals surface area contributed by atoms with Gasteiger partial charge in [0.1, 0.15) is 0 Å². The van der Waals surface area contributed by atoms with Gasteiger partial charge in [-0.05, 0) is 25.7 Å². The van der Waals surface area contributed by atoms with Gasteiger partial charge in [-0.1, -0.05) is 6.92 Å². The van der Waals surface area contributed by atoms with Gasteiger partial charge in [0.2, 0.25) is 5.76 Å². The third-order valence-electron chi connectivity index (χ3n) is 4.17. The summed E-state index contributed by atoms with van der Waals surface area (Å²) in [6.07, 6.45) is 8.45. The minimum Gasteiger partial charge on any atom is -0.435 e. The SMILES string of the molecule is CCc1nc(C)c(C(=O)N2CCCC(Cn3ccnc3)C2)o1. The fourth-order valence-electron chi connectivity index (χ4n) is 3.04. The lowest BCUT2D eigenvalue weighted by molar-refractivity contribution is 0.0627. The average molecular weight is 302 g/mol. The number of rotatable bonds is 4. The van der Waals surface area contributed by atoms with Crippen molar-refractivity contribution in [2.75, 3.05) is 13.1 Å². The van der Waals surface area contributed by atoms with Crippen molar-refractivity contribution in [2.45, 2.75) is 39.7 Å². The molecule has 1 aliphatic heterocycles. The van der Waals surface area contributed by atoms with E-state index in [1.54, 1.807) is 6.20 Å². The van der Waals surface area contributed by atoms with Gasteiger partial charge in [-0.25, -0.2) is 9.97 Å². The minimum absolute atomic E-state index is 0.0277. The van der Waals surface area contributed by atoms with E-state index in [0.717, 1.165) is 32.5 Å². The predicted octanol–water partition coefficient (Wildman–Crippen LogP) is 2.29. The standard InChI is InChI=1S/C16H22N4O2/c1-3-14-18-12(2)15(22-14)16(21)20-7-4-5-13(10-20)9-19-8-6-17-11-19/h6,8,11,13H,3-5,7,9-10H2,1-2H3. The number of carbonyl (C=O) groups is 1. The highest BCUT2D eigenvalue weighted by atomic mass is 16.4. The third kappa shape index (κ3) is 3.05. The largest absolute Gasteiger partial charge is 0.435 e. The Morgan fingerprint density at radius 1 is 1.50 bits per heavy atom.